The van der Waals surface area contributed by atoms with Crippen LogP contribution in [0.25, 0.3) is 10.9 Å². The number of aryl methyl sites for hydroxylation is 1. The van der Waals surface area contributed by atoms with Gasteiger partial charge >= 0.3 is 0 Å². The molecule has 1 atom stereocenters. The Morgan fingerprint density at radius 2 is 1.81 bits per heavy atom. The minimum Gasteiger partial charge on any atom is -0.369 e. The molecule has 0 aliphatic carbocycles. The van der Waals surface area contributed by atoms with E-state index in [4.69, 9.17) is 0 Å². The fourth-order valence-corrected chi connectivity index (χ4v) is 5.03. The third kappa shape index (κ3) is 3.44. The average Bonchev–Trinajstić information content (AvgIpc) is 2.71. The molecule has 4 heterocycles. The van der Waals surface area contributed by atoms with E-state index in [1.807, 2.05) is 19.2 Å². The van der Waals surface area contributed by atoms with E-state index in [1.54, 1.807) is 6.92 Å². The van der Waals surface area contributed by atoms with Crippen LogP contribution in [0.4, 0.5) is 24.7 Å². The van der Waals surface area contributed by atoms with Crippen LogP contribution >= 0.6 is 0 Å². The molecule has 0 saturated carbocycles. The van der Waals surface area contributed by atoms with E-state index in [-0.39, 0.29) is 5.56 Å². The number of halogens is 3. The summed E-state index contributed by atoms with van der Waals surface area (Å²) in [6.07, 6.45) is -1.02. The second-order valence-corrected chi connectivity index (χ2v) is 9.17. The molecule has 3 aromatic rings. The van der Waals surface area contributed by atoms with Crippen LogP contribution in [-0.2, 0) is 0 Å². The number of hydrogen-bond donors (Lipinski definition) is 1. The summed E-state index contributed by atoms with van der Waals surface area (Å²) >= 11 is 0. The highest BCUT2D eigenvalue weighted by Crippen LogP contribution is 2.42. The molecule has 2 aromatic heterocycles. The van der Waals surface area contributed by atoms with Gasteiger partial charge in [0.15, 0.2) is 5.82 Å². The molecule has 2 aliphatic rings. The molecular weight excluding hydrogens is 417 g/mol. The molecule has 9 heteroatoms. The molecule has 168 valence electrons. The minimum absolute atomic E-state index is 0.154. The molecule has 32 heavy (non-hydrogen) atoms. The summed E-state index contributed by atoms with van der Waals surface area (Å²) in [4.78, 5) is 9.24. The Morgan fingerprint density at radius 1 is 1.09 bits per heavy atom. The van der Waals surface area contributed by atoms with Gasteiger partial charge in [-0.2, -0.15) is 5.10 Å². The summed E-state index contributed by atoms with van der Waals surface area (Å²) in [5.41, 5.74) is 2.34. The lowest BCUT2D eigenvalue weighted by Crippen LogP contribution is -2.71. The third-order valence-electron chi connectivity index (χ3n) is 6.51. The van der Waals surface area contributed by atoms with E-state index in [0.717, 1.165) is 43.3 Å². The predicted octanol–water partition coefficient (Wildman–Crippen LogP) is 4.33. The number of likely N-dealkylation sites (tertiary alicyclic amines) is 1. The molecule has 2 saturated heterocycles. The molecule has 2 aliphatic heterocycles. The van der Waals surface area contributed by atoms with Gasteiger partial charge in [0, 0.05) is 42.5 Å². The molecule has 5 rings (SSSR count). The van der Waals surface area contributed by atoms with E-state index in [9.17, 15) is 13.2 Å². The number of hydrogen-bond acceptors (Lipinski definition) is 6. The lowest BCUT2D eigenvalue weighted by molar-refractivity contribution is -0.00240. The van der Waals surface area contributed by atoms with E-state index in [0.29, 0.717) is 22.4 Å². The highest BCUT2D eigenvalue weighted by Gasteiger charge is 2.50. The number of benzene rings is 1. The lowest BCUT2D eigenvalue weighted by atomic mass is 9.73. The minimum atomic E-state index is -2.87. The molecule has 1 N–H and O–H groups in total. The lowest BCUT2D eigenvalue weighted by Gasteiger charge is -2.60. The van der Waals surface area contributed by atoms with Gasteiger partial charge in [0.05, 0.1) is 34.7 Å². The zero-order chi connectivity index (χ0) is 22.6. The third-order valence-corrected chi connectivity index (χ3v) is 6.51. The maximum Gasteiger partial charge on any atom is 0.266 e. The standard InChI is InChI=1S/C23H25F3N6/c1-13(16-5-4-6-17(19(16)24)21(25)26)28-22-18-7-15(8-27-20(18)14(2)29-30-22)32-11-23(12-32)9-31(3)10-23/h4-8,13,21H,9-12H2,1-3H3,(H,28,30). The van der Waals surface area contributed by atoms with Crippen molar-refractivity contribution in [2.45, 2.75) is 26.3 Å². The Kier molecular flexibility index (Phi) is 4.96. The Hall–Kier alpha value is -2.94. The molecule has 0 amide bonds. The van der Waals surface area contributed by atoms with Gasteiger partial charge in [-0.25, -0.2) is 13.2 Å². The summed E-state index contributed by atoms with van der Waals surface area (Å²) in [6, 6.07) is 5.49. The number of anilines is 2. The van der Waals surface area contributed by atoms with Gasteiger partial charge in [-0.05, 0) is 27.0 Å². The van der Waals surface area contributed by atoms with E-state index < -0.39 is 23.8 Å². The van der Waals surface area contributed by atoms with Gasteiger partial charge in [0.1, 0.15) is 5.82 Å². The second-order valence-electron chi connectivity index (χ2n) is 9.17. The number of aromatic nitrogens is 3. The van der Waals surface area contributed by atoms with Crippen molar-refractivity contribution in [2.75, 3.05) is 43.4 Å². The fourth-order valence-electron chi connectivity index (χ4n) is 5.03. The number of alkyl halides is 2. The first kappa shape index (κ1) is 20.9. The van der Waals surface area contributed by atoms with Crippen molar-refractivity contribution in [3.63, 3.8) is 0 Å². The highest BCUT2D eigenvalue weighted by molar-refractivity contribution is 5.92. The van der Waals surface area contributed by atoms with Crippen LogP contribution in [0.1, 0.15) is 36.2 Å². The number of fused-ring (bicyclic) bond motifs is 1. The summed E-state index contributed by atoms with van der Waals surface area (Å²) in [5, 5.41) is 12.4. The number of nitrogens with one attached hydrogen (secondary N) is 1. The maximum atomic E-state index is 14.6. The zero-order valence-electron chi connectivity index (χ0n) is 18.2. The average molecular weight is 442 g/mol. The van der Waals surface area contributed by atoms with Crippen LogP contribution in [0.5, 0.6) is 0 Å². The first-order valence-corrected chi connectivity index (χ1v) is 10.7. The smallest absolute Gasteiger partial charge is 0.266 e. The Morgan fingerprint density at radius 3 is 2.50 bits per heavy atom. The van der Waals surface area contributed by atoms with Crippen LogP contribution < -0.4 is 10.2 Å². The molecule has 0 bridgehead atoms. The normalized spacial score (nSPS) is 18.7. The summed E-state index contributed by atoms with van der Waals surface area (Å²) in [6.45, 7) is 7.76. The fraction of sp³-hybridized carbons (Fsp3) is 0.435. The van der Waals surface area contributed by atoms with Crippen molar-refractivity contribution in [2.24, 2.45) is 5.41 Å². The first-order chi connectivity index (χ1) is 15.3. The second kappa shape index (κ2) is 7.58. The van der Waals surface area contributed by atoms with Crippen LogP contribution in [0.2, 0.25) is 0 Å². The van der Waals surface area contributed by atoms with Gasteiger partial charge in [0.2, 0.25) is 0 Å². The van der Waals surface area contributed by atoms with Gasteiger partial charge in [0.25, 0.3) is 6.43 Å². The molecule has 1 spiro atoms. The van der Waals surface area contributed by atoms with Gasteiger partial charge in [-0.15, -0.1) is 5.10 Å². The van der Waals surface area contributed by atoms with Crippen molar-refractivity contribution in [1.82, 2.24) is 20.1 Å². The van der Waals surface area contributed by atoms with Crippen molar-refractivity contribution in [1.29, 1.82) is 0 Å². The maximum absolute atomic E-state index is 14.6. The molecule has 1 aromatic carbocycles. The molecule has 2 fully saturated rings. The van der Waals surface area contributed by atoms with Crippen molar-refractivity contribution in [3.8, 4) is 0 Å². The van der Waals surface area contributed by atoms with Crippen LogP contribution in [0.3, 0.4) is 0 Å². The molecular formula is C23H25F3N6. The summed E-state index contributed by atoms with van der Waals surface area (Å²) in [7, 11) is 2.13. The van der Waals surface area contributed by atoms with Crippen molar-refractivity contribution in [3.05, 3.63) is 53.1 Å². The van der Waals surface area contributed by atoms with Crippen molar-refractivity contribution >= 4 is 22.4 Å². The van der Waals surface area contributed by atoms with Crippen molar-refractivity contribution < 1.29 is 13.2 Å². The van der Waals surface area contributed by atoms with Gasteiger partial charge < -0.3 is 15.1 Å². The molecule has 6 nitrogen and oxygen atoms in total. The Balaban J connectivity index is 1.44. The van der Waals surface area contributed by atoms with E-state index in [2.05, 4.69) is 37.3 Å². The topological polar surface area (TPSA) is 57.2 Å². The molecule has 1 unspecified atom stereocenters. The van der Waals surface area contributed by atoms with Crippen LogP contribution in [0, 0.1) is 18.2 Å². The first-order valence-electron chi connectivity index (χ1n) is 10.7. The number of pyridine rings is 1. The van der Waals surface area contributed by atoms with Crippen LogP contribution in [-0.4, -0.2) is 53.3 Å². The zero-order valence-corrected chi connectivity index (χ0v) is 18.2. The number of rotatable bonds is 5. The van der Waals surface area contributed by atoms with E-state index >= 15 is 0 Å². The van der Waals surface area contributed by atoms with Gasteiger partial charge in [-0.1, -0.05) is 18.2 Å². The van der Waals surface area contributed by atoms with Crippen LogP contribution in [0.15, 0.2) is 30.5 Å². The van der Waals surface area contributed by atoms with E-state index in [1.165, 1.54) is 12.1 Å². The quantitative estimate of drug-likeness (QED) is 0.635. The summed E-state index contributed by atoms with van der Waals surface area (Å²) in [5.74, 6) is -0.449. The number of nitrogens with zero attached hydrogens (tertiary/aromatic N) is 5. The molecule has 0 radical (unpaired) electrons. The highest BCUT2D eigenvalue weighted by atomic mass is 19.3. The largest absolute Gasteiger partial charge is 0.369 e. The Labute approximate surface area is 184 Å². The predicted molar refractivity (Wildman–Crippen MR) is 118 cm³/mol. The SMILES string of the molecule is Cc1nnc(NC(C)c2cccc(C(F)F)c2F)c2cc(N3CC4(CN(C)C4)C3)cnc12. The monoisotopic (exact) mass is 442 g/mol. The summed E-state index contributed by atoms with van der Waals surface area (Å²) < 4.78 is 40.9. The Bertz CT molecular complexity index is 1170. The van der Waals surface area contributed by atoms with Gasteiger partial charge in [-0.3, -0.25) is 4.98 Å².